The van der Waals surface area contributed by atoms with E-state index in [1.54, 1.807) is 0 Å². The van der Waals surface area contributed by atoms with Crippen LogP contribution >= 0.6 is 11.6 Å². The summed E-state index contributed by atoms with van der Waals surface area (Å²) >= 11 is 5.41. The Morgan fingerprint density at radius 3 is 2.53 bits per heavy atom. The molecule has 1 rings (SSSR count). The van der Waals surface area contributed by atoms with Crippen LogP contribution in [-0.4, -0.2) is 78.1 Å². The molecular weight excluding hydrogens is 280 g/mol. The molecule has 0 aromatic carbocycles. The monoisotopic (exact) mass is 298 g/mol. The van der Waals surface area contributed by atoms with Gasteiger partial charge in [-0.1, -0.05) is 0 Å². The molecule has 0 radical (unpaired) electrons. The number of urea groups is 1. The highest BCUT2D eigenvalue weighted by atomic mass is 35.5. The van der Waals surface area contributed by atoms with Crippen LogP contribution in [-0.2, 0) is 9.47 Å². The van der Waals surface area contributed by atoms with Gasteiger partial charge < -0.3 is 35.4 Å². The first kappa shape index (κ1) is 16.4. The predicted octanol–water partition coefficient (Wildman–Crippen LogP) is -2.02. The van der Waals surface area contributed by atoms with Crippen molar-refractivity contribution in [3.63, 3.8) is 0 Å². The van der Waals surface area contributed by atoms with Gasteiger partial charge in [-0.05, 0) is 0 Å². The van der Waals surface area contributed by atoms with Gasteiger partial charge in [0, 0.05) is 26.1 Å². The minimum absolute atomic E-state index is 0.0427. The van der Waals surface area contributed by atoms with Gasteiger partial charge in [0.2, 0.25) is 0 Å². The van der Waals surface area contributed by atoms with Crippen molar-refractivity contribution in [2.45, 2.75) is 30.7 Å². The van der Waals surface area contributed by atoms with E-state index in [1.807, 2.05) is 0 Å². The number of hydrogen-bond acceptors (Lipinski definition) is 6. The summed E-state index contributed by atoms with van der Waals surface area (Å²) in [5.74, 6) is 0.284. The van der Waals surface area contributed by atoms with Crippen LogP contribution in [0.2, 0.25) is 0 Å². The van der Waals surface area contributed by atoms with E-state index in [9.17, 15) is 20.1 Å². The molecule has 1 fully saturated rings. The van der Waals surface area contributed by atoms with Crippen molar-refractivity contribution < 1.29 is 29.6 Å². The molecule has 0 aromatic heterocycles. The molecule has 1 saturated heterocycles. The number of alkyl halides is 1. The van der Waals surface area contributed by atoms with Gasteiger partial charge in [0.15, 0.2) is 6.29 Å². The Balaban J connectivity index is 2.46. The van der Waals surface area contributed by atoms with E-state index in [2.05, 4.69) is 10.6 Å². The molecule has 0 bridgehead atoms. The summed E-state index contributed by atoms with van der Waals surface area (Å²) in [7, 11) is 1.30. The normalized spacial score (nSPS) is 34.9. The van der Waals surface area contributed by atoms with Crippen LogP contribution in [0.5, 0.6) is 0 Å². The first-order valence-corrected chi connectivity index (χ1v) is 6.34. The Kier molecular flexibility index (Phi) is 6.76. The van der Waals surface area contributed by atoms with Crippen molar-refractivity contribution in [2.75, 3.05) is 26.1 Å². The van der Waals surface area contributed by atoms with E-state index in [1.165, 1.54) is 7.11 Å². The number of halogens is 1. The summed E-state index contributed by atoms with van der Waals surface area (Å²) in [6.45, 7) is 0.266. The second-order valence-electron chi connectivity index (χ2n) is 4.08. The van der Waals surface area contributed by atoms with Crippen LogP contribution < -0.4 is 10.6 Å². The molecule has 2 amide bonds. The SMILES string of the molecule is CO[C@@H]1O[C@H](CNC(=O)NCCCl)[C@@H](O)[C@H](O)[C@H]1O. The third-order valence-electron chi connectivity index (χ3n) is 2.74. The second-order valence-corrected chi connectivity index (χ2v) is 4.45. The van der Waals surface area contributed by atoms with Gasteiger partial charge in [-0.3, -0.25) is 0 Å². The Morgan fingerprint density at radius 1 is 1.26 bits per heavy atom. The van der Waals surface area contributed by atoms with Crippen molar-refractivity contribution in [3.05, 3.63) is 0 Å². The van der Waals surface area contributed by atoms with Gasteiger partial charge in [-0.2, -0.15) is 0 Å². The summed E-state index contributed by atoms with van der Waals surface area (Å²) < 4.78 is 10.1. The number of methoxy groups -OCH3 is 1. The zero-order chi connectivity index (χ0) is 14.4. The third kappa shape index (κ3) is 4.44. The molecule has 5 N–H and O–H groups in total. The largest absolute Gasteiger partial charge is 0.388 e. The predicted molar refractivity (Wildman–Crippen MR) is 65.8 cm³/mol. The van der Waals surface area contributed by atoms with E-state index in [0.29, 0.717) is 6.54 Å². The van der Waals surface area contributed by atoms with Gasteiger partial charge in [-0.15, -0.1) is 11.6 Å². The van der Waals surface area contributed by atoms with Crippen molar-refractivity contribution in [1.82, 2.24) is 10.6 Å². The van der Waals surface area contributed by atoms with Crippen LogP contribution in [0.4, 0.5) is 4.79 Å². The van der Waals surface area contributed by atoms with Crippen molar-refractivity contribution in [1.29, 1.82) is 0 Å². The lowest BCUT2D eigenvalue weighted by Gasteiger charge is -2.39. The molecular formula is C10H19ClN2O6. The standard InChI is InChI=1S/C10H19ClN2O6/c1-18-9-8(16)7(15)6(14)5(19-9)4-13-10(17)12-3-2-11/h5-9,14-16H,2-4H2,1H3,(H2,12,13,17)/t5-,6-,7+,8-,9-/m1/s1. The highest BCUT2D eigenvalue weighted by Gasteiger charge is 2.43. The molecule has 112 valence electrons. The van der Waals surface area contributed by atoms with Gasteiger partial charge in [0.25, 0.3) is 0 Å². The number of carbonyl (C=O) groups is 1. The highest BCUT2D eigenvalue weighted by Crippen LogP contribution is 2.21. The lowest BCUT2D eigenvalue weighted by Crippen LogP contribution is -2.60. The number of nitrogens with one attached hydrogen (secondary N) is 2. The summed E-state index contributed by atoms with van der Waals surface area (Å²) in [5, 5.41) is 33.8. The zero-order valence-corrected chi connectivity index (χ0v) is 11.2. The Hall–Kier alpha value is -0.640. The number of amides is 2. The number of carbonyl (C=O) groups excluding carboxylic acids is 1. The Bertz CT molecular complexity index is 293. The Morgan fingerprint density at radius 2 is 1.95 bits per heavy atom. The van der Waals surface area contributed by atoms with E-state index in [4.69, 9.17) is 21.1 Å². The van der Waals surface area contributed by atoms with Crippen molar-refractivity contribution in [2.24, 2.45) is 0 Å². The molecule has 0 unspecified atom stereocenters. The van der Waals surface area contributed by atoms with E-state index in [-0.39, 0.29) is 12.4 Å². The minimum Gasteiger partial charge on any atom is -0.388 e. The lowest BCUT2D eigenvalue weighted by atomic mass is 9.99. The molecule has 1 heterocycles. The summed E-state index contributed by atoms with van der Waals surface area (Å²) in [6, 6.07) is -0.467. The van der Waals surface area contributed by atoms with E-state index >= 15 is 0 Å². The molecule has 0 spiro atoms. The van der Waals surface area contributed by atoms with E-state index < -0.39 is 36.7 Å². The molecule has 1 aliphatic heterocycles. The zero-order valence-electron chi connectivity index (χ0n) is 10.5. The first-order valence-electron chi connectivity index (χ1n) is 5.81. The van der Waals surface area contributed by atoms with Crippen LogP contribution in [0.25, 0.3) is 0 Å². The maximum Gasteiger partial charge on any atom is 0.314 e. The molecule has 0 saturated carbocycles. The number of ether oxygens (including phenoxy) is 2. The second kappa shape index (κ2) is 7.83. The van der Waals surface area contributed by atoms with Crippen LogP contribution in [0, 0.1) is 0 Å². The number of aliphatic hydroxyl groups excluding tert-OH is 3. The maximum atomic E-state index is 11.3. The topological polar surface area (TPSA) is 120 Å². The van der Waals surface area contributed by atoms with Crippen LogP contribution in [0.1, 0.15) is 0 Å². The molecule has 5 atom stereocenters. The fraction of sp³-hybridized carbons (Fsp3) is 0.900. The minimum atomic E-state index is -1.41. The average molecular weight is 299 g/mol. The summed E-state index contributed by atoms with van der Waals surface area (Å²) in [6.07, 6.45) is -6.02. The summed E-state index contributed by atoms with van der Waals surface area (Å²) in [4.78, 5) is 11.3. The van der Waals surface area contributed by atoms with Gasteiger partial charge in [0.1, 0.15) is 24.4 Å². The fourth-order valence-corrected chi connectivity index (χ4v) is 1.79. The quantitative estimate of drug-likeness (QED) is 0.374. The van der Waals surface area contributed by atoms with Gasteiger partial charge >= 0.3 is 6.03 Å². The fourth-order valence-electron chi connectivity index (χ4n) is 1.70. The molecule has 9 heteroatoms. The van der Waals surface area contributed by atoms with Crippen molar-refractivity contribution >= 4 is 17.6 Å². The Labute approximate surface area is 115 Å². The highest BCUT2D eigenvalue weighted by molar-refractivity contribution is 6.18. The molecule has 0 aromatic rings. The van der Waals surface area contributed by atoms with Gasteiger partial charge in [0.05, 0.1) is 0 Å². The number of aliphatic hydroxyl groups is 3. The molecule has 19 heavy (non-hydrogen) atoms. The van der Waals surface area contributed by atoms with E-state index in [0.717, 1.165) is 0 Å². The van der Waals surface area contributed by atoms with Gasteiger partial charge in [-0.25, -0.2) is 4.79 Å². The lowest BCUT2D eigenvalue weighted by molar-refractivity contribution is -0.288. The third-order valence-corrected chi connectivity index (χ3v) is 2.93. The molecule has 1 aliphatic rings. The summed E-state index contributed by atoms with van der Waals surface area (Å²) in [5.41, 5.74) is 0. The smallest absolute Gasteiger partial charge is 0.314 e. The van der Waals surface area contributed by atoms with Crippen LogP contribution in [0.3, 0.4) is 0 Å². The number of rotatable bonds is 5. The first-order chi connectivity index (χ1) is 9.01. The number of hydrogen-bond donors (Lipinski definition) is 5. The molecule has 0 aliphatic carbocycles. The molecule has 8 nitrogen and oxygen atoms in total. The average Bonchev–Trinajstić information content (AvgIpc) is 2.41. The maximum absolute atomic E-state index is 11.3. The van der Waals surface area contributed by atoms with Crippen molar-refractivity contribution in [3.8, 4) is 0 Å². The van der Waals surface area contributed by atoms with Crippen LogP contribution in [0.15, 0.2) is 0 Å².